The van der Waals surface area contributed by atoms with Crippen molar-refractivity contribution < 1.29 is 5.11 Å². The Morgan fingerprint density at radius 3 is 2.41 bits per heavy atom. The van der Waals surface area contributed by atoms with Crippen LogP contribution in [0.5, 0.6) is 0 Å². The highest BCUT2D eigenvalue weighted by molar-refractivity contribution is 5.45. The van der Waals surface area contributed by atoms with Gasteiger partial charge in [-0.3, -0.25) is 0 Å². The van der Waals surface area contributed by atoms with Crippen molar-refractivity contribution in [3.63, 3.8) is 0 Å². The third-order valence-corrected chi connectivity index (χ3v) is 4.05. The van der Waals surface area contributed by atoms with Gasteiger partial charge in [-0.15, -0.1) is 0 Å². The van der Waals surface area contributed by atoms with Crippen LogP contribution < -0.4 is 5.32 Å². The summed E-state index contributed by atoms with van der Waals surface area (Å²) in [4.78, 5) is 0. The van der Waals surface area contributed by atoms with Gasteiger partial charge in [0.05, 0.1) is 6.61 Å². The van der Waals surface area contributed by atoms with Crippen LogP contribution in [0.25, 0.3) is 0 Å². The minimum Gasteiger partial charge on any atom is -0.396 e. The molecule has 1 fully saturated rings. The summed E-state index contributed by atoms with van der Waals surface area (Å²) in [5.41, 5.74) is 2.74. The van der Waals surface area contributed by atoms with Crippen molar-refractivity contribution in [2.45, 2.75) is 39.0 Å². The zero-order chi connectivity index (χ0) is 12.3. The van der Waals surface area contributed by atoms with E-state index in [1.54, 1.807) is 0 Å². The normalized spacial score (nSPS) is 18.8. The fourth-order valence-electron chi connectivity index (χ4n) is 2.02. The number of hydrogen-bond acceptors (Lipinski definition) is 2. The van der Waals surface area contributed by atoms with Gasteiger partial charge in [-0.05, 0) is 42.9 Å². The molecule has 0 amide bonds. The van der Waals surface area contributed by atoms with Gasteiger partial charge in [0, 0.05) is 17.6 Å². The lowest BCUT2D eigenvalue weighted by Crippen LogP contribution is -2.18. The Bertz CT molecular complexity index is 354. The number of aliphatic hydroxyl groups excluding tert-OH is 1. The number of nitrogens with one attached hydrogen (secondary N) is 1. The quantitative estimate of drug-likeness (QED) is 0.789. The predicted octanol–water partition coefficient (Wildman–Crippen LogP) is 3.38. The Labute approximate surface area is 104 Å². The smallest absolute Gasteiger partial charge is 0.0504 e. The molecule has 1 aromatic rings. The van der Waals surface area contributed by atoms with Gasteiger partial charge in [0.1, 0.15) is 0 Å². The lowest BCUT2D eigenvalue weighted by atomic mass is 9.98. The zero-order valence-corrected chi connectivity index (χ0v) is 10.9. The number of anilines is 1. The van der Waals surface area contributed by atoms with E-state index < -0.39 is 0 Å². The van der Waals surface area contributed by atoms with Gasteiger partial charge in [-0.1, -0.05) is 26.0 Å². The van der Waals surface area contributed by atoms with Gasteiger partial charge in [0.15, 0.2) is 0 Å². The van der Waals surface area contributed by atoms with E-state index in [4.69, 9.17) is 0 Å². The molecule has 2 nitrogen and oxygen atoms in total. The molecule has 1 aliphatic rings. The SMILES string of the molecule is CCC(C)c1ccc(NCC2(CO)CC2)cc1. The first kappa shape index (κ1) is 12.4. The first-order chi connectivity index (χ1) is 8.19. The van der Waals surface area contributed by atoms with Gasteiger partial charge < -0.3 is 10.4 Å². The monoisotopic (exact) mass is 233 g/mol. The van der Waals surface area contributed by atoms with Gasteiger partial charge in [0.25, 0.3) is 0 Å². The number of aliphatic hydroxyl groups is 1. The van der Waals surface area contributed by atoms with Crippen molar-refractivity contribution in [3.8, 4) is 0 Å². The molecule has 0 aliphatic heterocycles. The van der Waals surface area contributed by atoms with E-state index in [2.05, 4.69) is 43.4 Å². The molecule has 2 rings (SSSR count). The molecule has 0 bridgehead atoms. The minimum absolute atomic E-state index is 0.176. The van der Waals surface area contributed by atoms with Gasteiger partial charge >= 0.3 is 0 Å². The number of rotatable bonds is 6. The fourth-order valence-corrected chi connectivity index (χ4v) is 2.02. The second-order valence-corrected chi connectivity index (χ2v) is 5.44. The summed E-state index contributed by atoms with van der Waals surface area (Å²) >= 11 is 0. The number of hydrogen-bond donors (Lipinski definition) is 2. The van der Waals surface area contributed by atoms with Crippen molar-refractivity contribution in [1.29, 1.82) is 0 Å². The molecular weight excluding hydrogens is 210 g/mol. The molecule has 0 radical (unpaired) electrons. The first-order valence-electron chi connectivity index (χ1n) is 6.64. The molecule has 1 aliphatic carbocycles. The van der Waals surface area contributed by atoms with Crippen LogP contribution in [0.4, 0.5) is 5.69 Å². The molecule has 1 atom stereocenters. The molecule has 17 heavy (non-hydrogen) atoms. The molecule has 1 unspecified atom stereocenters. The van der Waals surface area contributed by atoms with Crippen molar-refractivity contribution in [3.05, 3.63) is 29.8 Å². The summed E-state index contributed by atoms with van der Waals surface area (Å²) in [6.45, 7) is 5.68. The predicted molar refractivity (Wildman–Crippen MR) is 72.4 cm³/mol. The summed E-state index contributed by atoms with van der Waals surface area (Å²) in [6.07, 6.45) is 3.49. The van der Waals surface area contributed by atoms with E-state index in [9.17, 15) is 5.11 Å². The van der Waals surface area contributed by atoms with Crippen LogP contribution in [0.3, 0.4) is 0 Å². The second kappa shape index (κ2) is 5.09. The van der Waals surface area contributed by atoms with Crippen molar-refractivity contribution in [2.75, 3.05) is 18.5 Å². The van der Waals surface area contributed by atoms with E-state index >= 15 is 0 Å². The third kappa shape index (κ3) is 3.01. The molecule has 94 valence electrons. The molecule has 1 saturated carbocycles. The summed E-state index contributed by atoms with van der Waals surface area (Å²) in [7, 11) is 0. The van der Waals surface area contributed by atoms with Crippen molar-refractivity contribution in [2.24, 2.45) is 5.41 Å². The van der Waals surface area contributed by atoms with Gasteiger partial charge in [-0.2, -0.15) is 0 Å². The van der Waals surface area contributed by atoms with E-state index in [1.165, 1.54) is 12.0 Å². The van der Waals surface area contributed by atoms with Gasteiger partial charge in [0.2, 0.25) is 0 Å². The van der Waals surface area contributed by atoms with Crippen LogP contribution in [0.2, 0.25) is 0 Å². The van der Waals surface area contributed by atoms with Crippen LogP contribution >= 0.6 is 0 Å². The molecule has 0 saturated heterocycles. The molecule has 1 aromatic carbocycles. The van der Waals surface area contributed by atoms with E-state index in [0.717, 1.165) is 25.1 Å². The second-order valence-electron chi connectivity index (χ2n) is 5.44. The van der Waals surface area contributed by atoms with E-state index in [1.807, 2.05) is 0 Å². The molecule has 2 heteroatoms. The standard InChI is InChI=1S/C15H23NO/c1-3-12(2)13-4-6-14(7-5-13)16-10-15(11-17)8-9-15/h4-7,12,16-17H,3,8-11H2,1-2H3. The average Bonchev–Trinajstić information content (AvgIpc) is 3.17. The lowest BCUT2D eigenvalue weighted by molar-refractivity contribution is 0.220. The summed E-state index contributed by atoms with van der Waals surface area (Å²) in [5.74, 6) is 0.635. The van der Waals surface area contributed by atoms with Crippen LogP contribution in [0.15, 0.2) is 24.3 Å². The van der Waals surface area contributed by atoms with Crippen LogP contribution in [-0.2, 0) is 0 Å². The topological polar surface area (TPSA) is 32.3 Å². The largest absolute Gasteiger partial charge is 0.396 e. The number of benzene rings is 1. The fraction of sp³-hybridized carbons (Fsp3) is 0.600. The van der Waals surface area contributed by atoms with Crippen LogP contribution in [-0.4, -0.2) is 18.3 Å². The summed E-state index contributed by atoms with van der Waals surface area (Å²) in [6, 6.07) is 8.70. The Balaban J connectivity index is 1.90. The molecule has 0 spiro atoms. The van der Waals surface area contributed by atoms with Crippen molar-refractivity contribution in [1.82, 2.24) is 0 Å². The zero-order valence-electron chi connectivity index (χ0n) is 10.9. The Kier molecular flexibility index (Phi) is 3.72. The average molecular weight is 233 g/mol. The van der Waals surface area contributed by atoms with Crippen LogP contribution in [0.1, 0.15) is 44.6 Å². The van der Waals surface area contributed by atoms with Gasteiger partial charge in [-0.25, -0.2) is 0 Å². The molecule has 2 N–H and O–H groups in total. The Morgan fingerprint density at radius 2 is 1.94 bits per heavy atom. The highest BCUT2D eigenvalue weighted by Gasteiger charge is 2.41. The van der Waals surface area contributed by atoms with E-state index in [0.29, 0.717) is 12.5 Å². The Hall–Kier alpha value is -1.02. The molecule has 0 aromatic heterocycles. The molecular formula is C15H23NO. The maximum absolute atomic E-state index is 9.24. The first-order valence-corrected chi connectivity index (χ1v) is 6.64. The van der Waals surface area contributed by atoms with Crippen molar-refractivity contribution >= 4 is 5.69 Å². The summed E-state index contributed by atoms with van der Waals surface area (Å²) < 4.78 is 0. The van der Waals surface area contributed by atoms with Crippen LogP contribution in [0, 0.1) is 5.41 Å². The minimum atomic E-state index is 0.176. The lowest BCUT2D eigenvalue weighted by Gasteiger charge is -2.15. The highest BCUT2D eigenvalue weighted by atomic mass is 16.3. The summed E-state index contributed by atoms with van der Waals surface area (Å²) in [5, 5.41) is 12.7. The highest BCUT2D eigenvalue weighted by Crippen LogP contribution is 2.44. The van der Waals surface area contributed by atoms with E-state index in [-0.39, 0.29) is 5.41 Å². The molecule has 0 heterocycles. The third-order valence-electron chi connectivity index (χ3n) is 4.05. The maximum Gasteiger partial charge on any atom is 0.0504 e. The maximum atomic E-state index is 9.24. The Morgan fingerprint density at radius 1 is 1.29 bits per heavy atom.